The topological polar surface area (TPSA) is 66.5 Å². The monoisotopic (exact) mass is 494 g/mol. The molecule has 3 rings (SSSR count). The molecule has 0 aromatic heterocycles. The zero-order chi connectivity index (χ0) is 22.8. The second-order valence-electron chi connectivity index (χ2n) is 8.04. The maximum Gasteiger partial charge on any atom is 0.224 e. The summed E-state index contributed by atoms with van der Waals surface area (Å²) in [5, 5.41) is 3.74. The summed E-state index contributed by atoms with van der Waals surface area (Å²) in [6.07, 6.45) is 2.78. The van der Waals surface area contributed by atoms with Crippen LogP contribution < -0.4 is 5.32 Å². The first-order valence-corrected chi connectivity index (χ1v) is 14.2. The van der Waals surface area contributed by atoms with Crippen molar-refractivity contribution in [1.29, 1.82) is 0 Å². The SMILES string of the molecule is O=C(NCCSCc1ccccc1Cl)[C@H]1CCCN(S(=O)(=O)CCCc2ccccc2)C1. The van der Waals surface area contributed by atoms with E-state index in [-0.39, 0.29) is 24.1 Å². The van der Waals surface area contributed by atoms with Crippen molar-refractivity contribution in [3.05, 3.63) is 70.7 Å². The van der Waals surface area contributed by atoms with Crippen LogP contribution in [0.1, 0.15) is 30.4 Å². The number of sulfonamides is 1. The van der Waals surface area contributed by atoms with Crippen LogP contribution in [0.15, 0.2) is 54.6 Å². The summed E-state index contributed by atoms with van der Waals surface area (Å²) in [6.45, 7) is 1.35. The molecule has 32 heavy (non-hydrogen) atoms. The minimum absolute atomic E-state index is 0.0486. The highest BCUT2D eigenvalue weighted by molar-refractivity contribution is 7.98. The zero-order valence-electron chi connectivity index (χ0n) is 18.2. The van der Waals surface area contributed by atoms with Gasteiger partial charge in [0, 0.05) is 36.2 Å². The van der Waals surface area contributed by atoms with Gasteiger partial charge in [-0.15, -0.1) is 0 Å². The maximum absolute atomic E-state index is 12.8. The van der Waals surface area contributed by atoms with Crippen molar-refractivity contribution in [1.82, 2.24) is 9.62 Å². The van der Waals surface area contributed by atoms with Gasteiger partial charge >= 0.3 is 0 Å². The largest absolute Gasteiger partial charge is 0.355 e. The van der Waals surface area contributed by atoms with Crippen molar-refractivity contribution in [2.45, 2.75) is 31.4 Å². The molecule has 1 saturated heterocycles. The van der Waals surface area contributed by atoms with Crippen molar-refractivity contribution < 1.29 is 13.2 Å². The van der Waals surface area contributed by atoms with Crippen LogP contribution in [0.4, 0.5) is 0 Å². The molecule has 0 bridgehead atoms. The highest BCUT2D eigenvalue weighted by atomic mass is 35.5. The first kappa shape index (κ1) is 25.1. The Morgan fingerprint density at radius 1 is 1.12 bits per heavy atom. The molecule has 0 radical (unpaired) electrons. The molecule has 2 aromatic carbocycles. The molecule has 1 atom stereocenters. The lowest BCUT2D eigenvalue weighted by atomic mass is 9.99. The molecule has 0 aliphatic carbocycles. The molecule has 1 aliphatic heterocycles. The van der Waals surface area contributed by atoms with E-state index in [1.165, 1.54) is 4.31 Å². The lowest BCUT2D eigenvalue weighted by Gasteiger charge is -2.31. The van der Waals surface area contributed by atoms with E-state index >= 15 is 0 Å². The number of hydrogen-bond acceptors (Lipinski definition) is 4. The smallest absolute Gasteiger partial charge is 0.224 e. The van der Waals surface area contributed by atoms with Crippen LogP contribution in [0.25, 0.3) is 0 Å². The quantitative estimate of drug-likeness (QED) is 0.471. The second-order valence-corrected chi connectivity index (χ2v) is 11.6. The van der Waals surface area contributed by atoms with Crippen molar-refractivity contribution in [3.8, 4) is 0 Å². The minimum Gasteiger partial charge on any atom is -0.355 e. The normalized spacial score (nSPS) is 17.2. The molecule has 1 heterocycles. The summed E-state index contributed by atoms with van der Waals surface area (Å²) < 4.78 is 27.1. The zero-order valence-corrected chi connectivity index (χ0v) is 20.6. The molecule has 1 aliphatic rings. The van der Waals surface area contributed by atoms with Crippen LogP contribution in [0, 0.1) is 5.92 Å². The fourth-order valence-corrected chi connectivity index (χ4v) is 6.56. The van der Waals surface area contributed by atoms with Gasteiger partial charge in [-0.1, -0.05) is 60.1 Å². The van der Waals surface area contributed by atoms with Crippen LogP contribution in [0.5, 0.6) is 0 Å². The fraction of sp³-hybridized carbons (Fsp3) is 0.458. The number of halogens is 1. The summed E-state index contributed by atoms with van der Waals surface area (Å²) in [6, 6.07) is 17.7. The minimum atomic E-state index is -3.35. The number of rotatable bonds is 11. The standard InChI is InChI=1S/C24H31ClN2O3S2/c25-23-13-5-4-11-22(23)19-31-16-14-26-24(28)21-12-6-15-27(18-21)32(29,30)17-7-10-20-8-2-1-3-9-20/h1-5,8-9,11,13,21H,6-7,10,12,14-19H2,(H,26,28)/t21-/m0/s1. The van der Waals surface area contributed by atoms with Crippen LogP contribution in [-0.2, 0) is 27.0 Å². The van der Waals surface area contributed by atoms with Gasteiger partial charge in [-0.25, -0.2) is 12.7 Å². The van der Waals surface area contributed by atoms with E-state index in [0.29, 0.717) is 19.5 Å². The molecule has 1 N–H and O–H groups in total. The van der Waals surface area contributed by atoms with Gasteiger partial charge in [0.05, 0.1) is 11.7 Å². The lowest BCUT2D eigenvalue weighted by molar-refractivity contribution is -0.125. The van der Waals surface area contributed by atoms with Crippen molar-refractivity contribution in [2.24, 2.45) is 5.92 Å². The number of hydrogen-bond donors (Lipinski definition) is 1. The lowest BCUT2D eigenvalue weighted by Crippen LogP contribution is -2.46. The molecule has 0 spiro atoms. The summed E-state index contributed by atoms with van der Waals surface area (Å²) in [4.78, 5) is 12.6. The molecule has 1 fully saturated rings. The van der Waals surface area contributed by atoms with Crippen LogP contribution in [0.3, 0.4) is 0 Å². The summed E-state index contributed by atoms with van der Waals surface area (Å²) in [7, 11) is -3.35. The third kappa shape index (κ3) is 7.80. The average Bonchev–Trinajstić information content (AvgIpc) is 2.80. The van der Waals surface area contributed by atoms with Gasteiger partial charge in [0.1, 0.15) is 0 Å². The first-order valence-electron chi connectivity index (χ1n) is 11.1. The van der Waals surface area contributed by atoms with Crippen LogP contribution >= 0.6 is 23.4 Å². The number of aryl methyl sites for hydroxylation is 1. The molecule has 5 nitrogen and oxygen atoms in total. The first-order chi connectivity index (χ1) is 15.5. The summed E-state index contributed by atoms with van der Waals surface area (Å²) >= 11 is 7.88. The number of nitrogens with one attached hydrogen (secondary N) is 1. The molecular formula is C24H31ClN2O3S2. The van der Waals surface area contributed by atoms with E-state index in [2.05, 4.69) is 5.32 Å². The Labute approximate surface area is 201 Å². The fourth-order valence-electron chi connectivity index (χ4n) is 3.83. The Bertz CT molecular complexity index is 970. The Morgan fingerprint density at radius 2 is 1.88 bits per heavy atom. The molecular weight excluding hydrogens is 464 g/mol. The van der Waals surface area contributed by atoms with E-state index in [9.17, 15) is 13.2 Å². The van der Waals surface area contributed by atoms with Gasteiger partial charge in [0.2, 0.25) is 15.9 Å². The van der Waals surface area contributed by atoms with E-state index in [4.69, 9.17) is 11.6 Å². The van der Waals surface area contributed by atoms with Crippen molar-refractivity contribution in [3.63, 3.8) is 0 Å². The van der Waals surface area contributed by atoms with Gasteiger partial charge in [-0.2, -0.15) is 11.8 Å². The van der Waals surface area contributed by atoms with Crippen LogP contribution in [-0.4, -0.2) is 49.8 Å². The highest BCUT2D eigenvalue weighted by Crippen LogP contribution is 2.22. The Morgan fingerprint density at radius 3 is 2.66 bits per heavy atom. The van der Waals surface area contributed by atoms with E-state index in [1.807, 2.05) is 54.6 Å². The predicted molar refractivity (Wildman–Crippen MR) is 133 cm³/mol. The average molecular weight is 495 g/mol. The van der Waals surface area contributed by atoms with E-state index in [1.54, 1.807) is 11.8 Å². The number of carbonyl (C=O) groups excluding carboxylic acids is 1. The van der Waals surface area contributed by atoms with Gasteiger partial charge in [-0.05, 0) is 42.9 Å². The third-order valence-corrected chi connectivity index (χ3v) is 8.92. The molecule has 1 amide bonds. The summed E-state index contributed by atoms with van der Waals surface area (Å²) in [5.41, 5.74) is 2.23. The van der Waals surface area contributed by atoms with Gasteiger partial charge in [-0.3, -0.25) is 4.79 Å². The van der Waals surface area contributed by atoms with Crippen LogP contribution in [0.2, 0.25) is 5.02 Å². The Kier molecular flexibility index (Phi) is 9.91. The number of amides is 1. The van der Waals surface area contributed by atoms with Gasteiger partial charge in [0.15, 0.2) is 0 Å². The predicted octanol–water partition coefficient (Wildman–Crippen LogP) is 4.36. The highest BCUT2D eigenvalue weighted by Gasteiger charge is 2.31. The van der Waals surface area contributed by atoms with E-state index < -0.39 is 10.0 Å². The second kappa shape index (κ2) is 12.6. The number of carbonyl (C=O) groups is 1. The number of benzene rings is 2. The maximum atomic E-state index is 12.8. The van der Waals surface area contributed by atoms with E-state index in [0.717, 1.165) is 46.9 Å². The molecule has 2 aromatic rings. The Hall–Kier alpha value is -1.54. The molecule has 174 valence electrons. The number of nitrogens with zero attached hydrogens (tertiary/aromatic N) is 1. The van der Waals surface area contributed by atoms with Crippen molar-refractivity contribution >= 4 is 39.3 Å². The summed E-state index contributed by atoms with van der Waals surface area (Å²) in [5.74, 6) is 1.38. The molecule has 8 heteroatoms. The number of thioether (sulfide) groups is 1. The van der Waals surface area contributed by atoms with Gasteiger partial charge < -0.3 is 5.32 Å². The number of piperidine rings is 1. The van der Waals surface area contributed by atoms with Gasteiger partial charge in [0.25, 0.3) is 0 Å². The Balaban J connectivity index is 1.38. The third-order valence-electron chi connectivity index (χ3n) is 5.62. The van der Waals surface area contributed by atoms with Crippen molar-refractivity contribution in [2.75, 3.05) is 31.1 Å². The molecule has 0 saturated carbocycles. The molecule has 0 unspecified atom stereocenters.